The predicted molar refractivity (Wildman–Crippen MR) is 121 cm³/mol. The molecule has 0 spiro atoms. The van der Waals surface area contributed by atoms with Crippen molar-refractivity contribution in [2.24, 2.45) is 5.41 Å². The third-order valence-corrected chi connectivity index (χ3v) is 6.63. The van der Waals surface area contributed by atoms with Crippen molar-refractivity contribution in [3.63, 3.8) is 0 Å². The molecule has 1 aliphatic carbocycles. The number of benzene rings is 2. The summed E-state index contributed by atoms with van der Waals surface area (Å²) in [5, 5.41) is 7.82. The summed E-state index contributed by atoms with van der Waals surface area (Å²) in [4.78, 5) is 6.24. The van der Waals surface area contributed by atoms with Crippen LogP contribution in [0.1, 0.15) is 31.7 Å². The topological polar surface area (TPSA) is 55.5 Å². The molecule has 1 aliphatic heterocycles. The smallest absolute Gasteiger partial charge is 0.261 e. The zero-order valence-corrected chi connectivity index (χ0v) is 18.7. The van der Waals surface area contributed by atoms with Crippen LogP contribution in [-0.2, 0) is 0 Å². The second kappa shape index (κ2) is 7.57. The molecule has 0 unspecified atom stereocenters. The number of hydrogen-bond acceptors (Lipinski definition) is 5. The highest BCUT2D eigenvalue weighted by Crippen LogP contribution is 2.56. The Hall–Kier alpha value is -3.87. The molecule has 35 heavy (non-hydrogen) atoms. The van der Waals surface area contributed by atoms with Crippen LogP contribution in [0.2, 0.25) is 0 Å². The van der Waals surface area contributed by atoms with Gasteiger partial charge in [0.05, 0.1) is 34.2 Å². The summed E-state index contributed by atoms with van der Waals surface area (Å²) in [6.45, 7) is 1.62. The van der Waals surface area contributed by atoms with Gasteiger partial charge in [-0.1, -0.05) is 17.9 Å². The molecule has 0 saturated heterocycles. The number of alkyl halides is 2. The van der Waals surface area contributed by atoms with Crippen LogP contribution in [0.3, 0.4) is 0 Å². The van der Waals surface area contributed by atoms with E-state index >= 15 is 4.39 Å². The van der Waals surface area contributed by atoms with Crippen molar-refractivity contribution in [1.29, 1.82) is 0 Å². The maximum absolute atomic E-state index is 15.2. The molecule has 1 saturated carbocycles. The molecule has 2 aromatic carbocycles. The van der Waals surface area contributed by atoms with Crippen LogP contribution in [-0.4, -0.2) is 38.7 Å². The van der Waals surface area contributed by atoms with E-state index in [9.17, 15) is 13.2 Å². The number of ether oxygens (including phenoxy) is 1. The zero-order valence-electron chi connectivity index (χ0n) is 18.7. The van der Waals surface area contributed by atoms with E-state index in [4.69, 9.17) is 4.74 Å². The van der Waals surface area contributed by atoms with Crippen LogP contribution in [0.5, 0.6) is 5.75 Å². The molecule has 178 valence electrons. The van der Waals surface area contributed by atoms with Crippen molar-refractivity contribution in [2.75, 3.05) is 18.1 Å². The van der Waals surface area contributed by atoms with Gasteiger partial charge < -0.3 is 9.64 Å². The van der Waals surface area contributed by atoms with Crippen molar-refractivity contribution in [2.45, 2.75) is 32.1 Å². The lowest BCUT2D eigenvalue weighted by Gasteiger charge is -2.25. The van der Waals surface area contributed by atoms with Crippen molar-refractivity contribution >= 4 is 28.2 Å². The van der Waals surface area contributed by atoms with Gasteiger partial charge >= 0.3 is 0 Å². The molecule has 0 amide bonds. The molecular formula is C25H19F4N5O. The maximum Gasteiger partial charge on any atom is 0.261 e. The first kappa shape index (κ1) is 21.6. The number of rotatable bonds is 2. The van der Waals surface area contributed by atoms with Gasteiger partial charge in [-0.3, -0.25) is 4.40 Å². The molecule has 2 aliphatic rings. The van der Waals surface area contributed by atoms with Crippen LogP contribution in [0.25, 0.3) is 16.7 Å². The minimum Gasteiger partial charge on any atom is -0.490 e. The monoisotopic (exact) mass is 481 g/mol. The second-order valence-electron chi connectivity index (χ2n) is 8.92. The number of nitrogens with zero attached hydrogens (tertiary/aromatic N) is 5. The number of halogens is 4. The Bertz CT molecular complexity index is 1550. The Morgan fingerprint density at radius 1 is 1.14 bits per heavy atom. The predicted octanol–water partition coefficient (Wildman–Crippen LogP) is 5.26. The minimum atomic E-state index is -2.91. The molecule has 2 aromatic heterocycles. The van der Waals surface area contributed by atoms with Gasteiger partial charge in [0.25, 0.3) is 11.7 Å². The molecule has 6 nitrogen and oxygen atoms in total. The Balaban J connectivity index is 1.55. The highest BCUT2D eigenvalue weighted by atomic mass is 19.3. The SMILES string of the molecule is CC(F)(F)C1(C#Cc2cccc3c2OCCCN3c2nc3nncn3c3ccc(F)c(F)c23)CC1. The Kier molecular flexibility index (Phi) is 4.68. The maximum atomic E-state index is 15.2. The zero-order chi connectivity index (χ0) is 24.4. The molecule has 6 rings (SSSR count). The first-order valence-electron chi connectivity index (χ1n) is 11.2. The summed E-state index contributed by atoms with van der Waals surface area (Å²) >= 11 is 0. The average molecular weight is 481 g/mol. The largest absolute Gasteiger partial charge is 0.490 e. The van der Waals surface area contributed by atoms with E-state index < -0.39 is 23.0 Å². The van der Waals surface area contributed by atoms with E-state index in [2.05, 4.69) is 27.0 Å². The second-order valence-corrected chi connectivity index (χ2v) is 8.92. The number of aromatic nitrogens is 4. The molecule has 0 N–H and O–H groups in total. The number of para-hydroxylation sites is 1. The highest BCUT2D eigenvalue weighted by Gasteiger charge is 2.58. The number of anilines is 2. The Morgan fingerprint density at radius 3 is 2.74 bits per heavy atom. The van der Waals surface area contributed by atoms with Gasteiger partial charge in [0.1, 0.15) is 12.1 Å². The molecule has 4 aromatic rings. The van der Waals surface area contributed by atoms with E-state index in [0.29, 0.717) is 54.9 Å². The molecule has 0 radical (unpaired) electrons. The van der Waals surface area contributed by atoms with Gasteiger partial charge in [0.15, 0.2) is 17.4 Å². The molecular weight excluding hydrogens is 462 g/mol. The fourth-order valence-corrected chi connectivity index (χ4v) is 4.49. The van der Waals surface area contributed by atoms with E-state index in [0.717, 1.165) is 13.0 Å². The van der Waals surface area contributed by atoms with Crippen molar-refractivity contribution in [1.82, 2.24) is 19.6 Å². The van der Waals surface area contributed by atoms with Gasteiger partial charge in [-0.15, -0.1) is 10.2 Å². The lowest BCUT2D eigenvalue weighted by Crippen LogP contribution is -2.24. The first-order valence-corrected chi connectivity index (χ1v) is 11.2. The lowest BCUT2D eigenvalue weighted by atomic mass is 9.99. The minimum absolute atomic E-state index is 0.0239. The van der Waals surface area contributed by atoms with Crippen molar-refractivity contribution in [3.05, 3.63) is 53.9 Å². The van der Waals surface area contributed by atoms with Gasteiger partial charge in [-0.2, -0.15) is 4.98 Å². The lowest BCUT2D eigenvalue weighted by molar-refractivity contribution is -0.0294. The standard InChI is InChI=1S/C25H19F4N5O/c1-24(28,29)25(10-11-25)9-8-15-4-2-5-18-21(15)35-13-3-12-33(18)22-19-17(7-6-16(26)20(19)27)34-14-30-32-23(34)31-22/h2,4-7,14H,3,10-13H2,1H3. The van der Waals surface area contributed by atoms with Crippen molar-refractivity contribution < 1.29 is 22.3 Å². The van der Waals surface area contributed by atoms with Crippen LogP contribution in [0.4, 0.5) is 29.1 Å². The molecule has 0 bridgehead atoms. The molecule has 1 fully saturated rings. The Morgan fingerprint density at radius 2 is 1.97 bits per heavy atom. The summed E-state index contributed by atoms with van der Waals surface area (Å²) in [6.07, 6.45) is 2.61. The van der Waals surface area contributed by atoms with E-state index in [1.165, 1.54) is 16.8 Å². The highest BCUT2D eigenvalue weighted by molar-refractivity contribution is 5.95. The summed E-state index contributed by atoms with van der Waals surface area (Å²) in [7, 11) is 0. The van der Waals surface area contributed by atoms with Gasteiger partial charge in [-0.05, 0) is 43.5 Å². The number of fused-ring (bicyclic) bond motifs is 4. The van der Waals surface area contributed by atoms with Crippen LogP contribution in [0.15, 0.2) is 36.7 Å². The van der Waals surface area contributed by atoms with Gasteiger partial charge in [0.2, 0.25) is 0 Å². The first-order chi connectivity index (χ1) is 16.8. The van der Waals surface area contributed by atoms with Crippen LogP contribution >= 0.6 is 0 Å². The van der Waals surface area contributed by atoms with E-state index in [-0.39, 0.29) is 17.0 Å². The summed E-state index contributed by atoms with van der Waals surface area (Å²) < 4.78 is 65.0. The summed E-state index contributed by atoms with van der Waals surface area (Å²) in [5.74, 6) is 1.50. The fraction of sp³-hybridized carbons (Fsp3) is 0.320. The molecule has 0 atom stereocenters. The summed E-state index contributed by atoms with van der Waals surface area (Å²) in [6, 6.07) is 7.68. The average Bonchev–Trinajstić information content (AvgIpc) is 3.55. The van der Waals surface area contributed by atoms with Crippen LogP contribution < -0.4 is 9.64 Å². The third kappa shape index (κ3) is 3.37. The normalized spacial score (nSPS) is 16.9. The summed E-state index contributed by atoms with van der Waals surface area (Å²) in [5.41, 5.74) is 0.0163. The van der Waals surface area contributed by atoms with Crippen LogP contribution in [0, 0.1) is 28.9 Å². The van der Waals surface area contributed by atoms with E-state index in [1.807, 2.05) is 0 Å². The van der Waals surface area contributed by atoms with Gasteiger partial charge in [-0.25, -0.2) is 17.6 Å². The van der Waals surface area contributed by atoms with Gasteiger partial charge in [0, 0.05) is 13.5 Å². The third-order valence-electron chi connectivity index (χ3n) is 6.63. The Labute approximate surface area is 197 Å². The molecule has 3 heterocycles. The fourth-order valence-electron chi connectivity index (χ4n) is 4.49. The number of hydrogen-bond donors (Lipinski definition) is 0. The molecule has 10 heteroatoms. The quantitative estimate of drug-likeness (QED) is 0.289. The van der Waals surface area contributed by atoms with E-state index in [1.54, 1.807) is 23.1 Å². The van der Waals surface area contributed by atoms with Crippen molar-refractivity contribution in [3.8, 4) is 17.6 Å².